The monoisotopic (exact) mass is 297 g/mol. The number of likely N-dealkylation sites (N-methyl/N-ethyl adjacent to an activating group) is 1. The first-order valence-electron chi connectivity index (χ1n) is 8.39. The van der Waals surface area contributed by atoms with Gasteiger partial charge in [0.15, 0.2) is 0 Å². The molecule has 0 radical (unpaired) electrons. The molecule has 5 nitrogen and oxygen atoms in total. The molecule has 2 heterocycles. The van der Waals surface area contributed by atoms with Crippen LogP contribution in [-0.2, 0) is 9.53 Å². The molecule has 122 valence electrons. The fourth-order valence-corrected chi connectivity index (χ4v) is 3.75. The number of carbonyl (C=O) groups excluding carboxylic acids is 1. The number of esters is 1. The molecule has 0 bridgehead atoms. The molecule has 0 aliphatic carbocycles. The van der Waals surface area contributed by atoms with E-state index in [-0.39, 0.29) is 5.97 Å². The minimum Gasteiger partial charge on any atom is -0.468 e. The Balaban J connectivity index is 1.89. The van der Waals surface area contributed by atoms with Crippen LogP contribution in [0.2, 0.25) is 0 Å². The van der Waals surface area contributed by atoms with E-state index < -0.39 is 5.54 Å². The predicted octanol–water partition coefficient (Wildman–Crippen LogP) is 1.09. The molecule has 2 aliphatic heterocycles. The summed E-state index contributed by atoms with van der Waals surface area (Å²) < 4.78 is 4.97. The number of hydrogen-bond donors (Lipinski definition) is 1. The lowest BCUT2D eigenvalue weighted by Crippen LogP contribution is -2.52. The van der Waals surface area contributed by atoms with E-state index in [0.717, 1.165) is 38.6 Å². The van der Waals surface area contributed by atoms with Gasteiger partial charge in [-0.05, 0) is 58.8 Å². The van der Waals surface area contributed by atoms with Crippen molar-refractivity contribution in [2.75, 3.05) is 46.4 Å². The van der Waals surface area contributed by atoms with E-state index in [1.54, 1.807) is 0 Å². The number of fused-ring (bicyclic) bond motifs is 1. The predicted molar refractivity (Wildman–Crippen MR) is 84.4 cm³/mol. The summed E-state index contributed by atoms with van der Waals surface area (Å²) in [7, 11) is 1.47. The minimum atomic E-state index is -0.564. The Morgan fingerprint density at radius 3 is 2.81 bits per heavy atom. The molecule has 1 N–H and O–H groups in total. The van der Waals surface area contributed by atoms with Crippen LogP contribution in [0.25, 0.3) is 0 Å². The molecule has 5 heteroatoms. The van der Waals surface area contributed by atoms with Crippen LogP contribution in [0.1, 0.15) is 39.5 Å². The minimum absolute atomic E-state index is 0.151. The van der Waals surface area contributed by atoms with Crippen LogP contribution in [0.5, 0.6) is 0 Å². The maximum Gasteiger partial charge on any atom is 0.325 e. The lowest BCUT2D eigenvalue weighted by atomic mass is 9.97. The fraction of sp³-hybridized carbons (Fsp3) is 0.938. The second kappa shape index (κ2) is 7.56. The van der Waals surface area contributed by atoms with Crippen molar-refractivity contribution in [2.45, 2.75) is 51.1 Å². The number of hydrogen-bond acceptors (Lipinski definition) is 5. The quantitative estimate of drug-likeness (QED) is 0.744. The van der Waals surface area contributed by atoms with Crippen molar-refractivity contribution in [1.29, 1.82) is 0 Å². The van der Waals surface area contributed by atoms with Gasteiger partial charge in [-0.2, -0.15) is 0 Å². The summed E-state index contributed by atoms with van der Waals surface area (Å²) in [5, 5.41) is 3.30. The van der Waals surface area contributed by atoms with E-state index in [4.69, 9.17) is 4.74 Å². The van der Waals surface area contributed by atoms with E-state index in [2.05, 4.69) is 15.1 Å². The van der Waals surface area contributed by atoms with E-state index in [1.165, 1.54) is 39.5 Å². The van der Waals surface area contributed by atoms with Crippen LogP contribution in [0.15, 0.2) is 0 Å². The normalized spacial score (nSPS) is 26.9. The number of rotatable bonds is 6. The van der Waals surface area contributed by atoms with Gasteiger partial charge in [-0.1, -0.05) is 6.92 Å². The molecule has 0 spiro atoms. The van der Waals surface area contributed by atoms with Crippen LogP contribution >= 0.6 is 0 Å². The largest absolute Gasteiger partial charge is 0.468 e. The molecular formula is C16H31N3O2. The average Bonchev–Trinajstić information content (AvgIpc) is 2.82. The van der Waals surface area contributed by atoms with Crippen molar-refractivity contribution in [1.82, 2.24) is 15.1 Å². The fourth-order valence-electron chi connectivity index (χ4n) is 3.75. The molecule has 2 rings (SSSR count). The van der Waals surface area contributed by atoms with Crippen LogP contribution in [0, 0.1) is 0 Å². The van der Waals surface area contributed by atoms with Gasteiger partial charge in [0.05, 0.1) is 7.11 Å². The van der Waals surface area contributed by atoms with Gasteiger partial charge in [0.2, 0.25) is 0 Å². The Bertz CT molecular complexity index is 350. The average molecular weight is 297 g/mol. The second-order valence-corrected chi connectivity index (χ2v) is 6.59. The molecule has 2 unspecified atom stereocenters. The third-order valence-corrected chi connectivity index (χ3v) is 5.02. The molecule has 0 aromatic rings. The summed E-state index contributed by atoms with van der Waals surface area (Å²) in [5.41, 5.74) is -0.564. The Hall–Kier alpha value is -0.650. The molecule has 0 aromatic carbocycles. The third-order valence-electron chi connectivity index (χ3n) is 5.02. The van der Waals surface area contributed by atoms with Gasteiger partial charge in [-0.25, -0.2) is 0 Å². The van der Waals surface area contributed by atoms with Crippen LogP contribution < -0.4 is 5.32 Å². The van der Waals surface area contributed by atoms with Gasteiger partial charge in [-0.3, -0.25) is 9.69 Å². The molecule has 2 aliphatic rings. The van der Waals surface area contributed by atoms with Crippen molar-refractivity contribution < 1.29 is 9.53 Å². The SMILES string of the molecule is CCNC(C)(CCN1CCCN2CCCC2C1)C(=O)OC. The van der Waals surface area contributed by atoms with Crippen LogP contribution in [0.4, 0.5) is 0 Å². The summed E-state index contributed by atoms with van der Waals surface area (Å²) in [6.07, 6.45) is 4.72. The molecule has 0 amide bonds. The first-order valence-corrected chi connectivity index (χ1v) is 8.39. The highest BCUT2D eigenvalue weighted by atomic mass is 16.5. The van der Waals surface area contributed by atoms with Gasteiger partial charge >= 0.3 is 5.97 Å². The second-order valence-electron chi connectivity index (χ2n) is 6.59. The number of carbonyl (C=O) groups is 1. The number of ether oxygens (including phenoxy) is 1. The van der Waals surface area contributed by atoms with Gasteiger partial charge in [0.1, 0.15) is 5.54 Å². The van der Waals surface area contributed by atoms with Crippen molar-refractivity contribution in [2.24, 2.45) is 0 Å². The van der Waals surface area contributed by atoms with Gasteiger partial charge in [-0.15, -0.1) is 0 Å². The molecular weight excluding hydrogens is 266 g/mol. The number of nitrogens with one attached hydrogen (secondary N) is 1. The zero-order valence-electron chi connectivity index (χ0n) is 13.9. The van der Waals surface area contributed by atoms with Gasteiger partial charge < -0.3 is 15.0 Å². The maximum atomic E-state index is 12.0. The van der Waals surface area contributed by atoms with E-state index in [1.807, 2.05) is 13.8 Å². The van der Waals surface area contributed by atoms with Gasteiger partial charge in [0.25, 0.3) is 0 Å². The van der Waals surface area contributed by atoms with Crippen molar-refractivity contribution in [3.05, 3.63) is 0 Å². The standard InChI is InChI=1S/C16H31N3O2/c1-4-17-16(2,15(20)21-3)8-12-18-9-6-11-19-10-5-7-14(19)13-18/h14,17H,4-13H2,1-3H3. The first kappa shape index (κ1) is 16.7. The zero-order valence-corrected chi connectivity index (χ0v) is 13.9. The lowest BCUT2D eigenvalue weighted by molar-refractivity contribution is -0.148. The van der Waals surface area contributed by atoms with Crippen molar-refractivity contribution in [3.63, 3.8) is 0 Å². The highest BCUT2D eigenvalue weighted by Gasteiger charge is 2.35. The van der Waals surface area contributed by atoms with Crippen LogP contribution in [0.3, 0.4) is 0 Å². The molecule has 2 atom stereocenters. The molecule has 2 saturated heterocycles. The van der Waals surface area contributed by atoms with E-state index in [9.17, 15) is 4.79 Å². The summed E-state index contributed by atoms with van der Waals surface area (Å²) in [4.78, 5) is 17.2. The van der Waals surface area contributed by atoms with Crippen molar-refractivity contribution >= 4 is 5.97 Å². The Kier molecular flexibility index (Phi) is 6.02. The Labute approximate surface area is 129 Å². The van der Waals surface area contributed by atoms with Crippen molar-refractivity contribution in [3.8, 4) is 0 Å². The molecule has 0 aromatic heterocycles. The smallest absolute Gasteiger partial charge is 0.325 e. The topological polar surface area (TPSA) is 44.8 Å². The summed E-state index contributed by atoms with van der Waals surface area (Å²) in [5.74, 6) is -0.151. The summed E-state index contributed by atoms with van der Waals surface area (Å²) in [6.45, 7) is 10.6. The van der Waals surface area contributed by atoms with E-state index in [0.29, 0.717) is 0 Å². The highest BCUT2D eigenvalue weighted by molar-refractivity contribution is 5.80. The molecule has 2 fully saturated rings. The van der Waals surface area contributed by atoms with E-state index >= 15 is 0 Å². The zero-order chi connectivity index (χ0) is 15.3. The highest BCUT2D eigenvalue weighted by Crippen LogP contribution is 2.22. The third kappa shape index (κ3) is 4.18. The van der Waals surface area contributed by atoms with Gasteiger partial charge in [0, 0.05) is 19.1 Å². The molecule has 21 heavy (non-hydrogen) atoms. The summed E-state index contributed by atoms with van der Waals surface area (Å²) >= 11 is 0. The van der Waals surface area contributed by atoms with Crippen LogP contribution in [-0.4, -0.2) is 73.7 Å². The summed E-state index contributed by atoms with van der Waals surface area (Å²) in [6, 6.07) is 0.732. The Morgan fingerprint density at radius 2 is 2.10 bits per heavy atom. The number of methoxy groups -OCH3 is 1. The first-order chi connectivity index (χ1) is 10.1. The lowest BCUT2D eigenvalue weighted by Gasteiger charge is -2.31. The molecule has 0 saturated carbocycles. The Morgan fingerprint density at radius 1 is 1.33 bits per heavy atom. The maximum absolute atomic E-state index is 12.0. The number of nitrogens with zero attached hydrogens (tertiary/aromatic N) is 2.